The third-order valence-electron chi connectivity index (χ3n) is 4.20. The highest BCUT2D eigenvalue weighted by molar-refractivity contribution is 7.89. The lowest BCUT2D eigenvalue weighted by Gasteiger charge is -2.18. The minimum absolute atomic E-state index is 0.0178. The van der Waals surface area contributed by atoms with E-state index in [0.717, 1.165) is 6.07 Å². The molecular formula is C20H23FN2O6S. The Bertz CT molecular complexity index is 1000. The molecule has 0 heterocycles. The van der Waals surface area contributed by atoms with Crippen molar-refractivity contribution in [3.63, 3.8) is 0 Å². The molecule has 162 valence electrons. The first kappa shape index (κ1) is 23.3. The summed E-state index contributed by atoms with van der Waals surface area (Å²) in [6.45, 7) is 3.60. The molecule has 0 bridgehead atoms. The number of anilines is 1. The molecule has 0 unspecified atom stereocenters. The molecule has 0 radical (unpaired) electrons. The van der Waals surface area contributed by atoms with E-state index in [4.69, 9.17) is 9.47 Å². The number of methoxy groups -OCH3 is 1. The molecule has 2 rings (SSSR count). The van der Waals surface area contributed by atoms with Crippen molar-refractivity contribution in [1.29, 1.82) is 0 Å². The zero-order chi connectivity index (χ0) is 22.3. The Hall–Kier alpha value is -2.98. The lowest BCUT2D eigenvalue weighted by molar-refractivity contribution is -0.119. The van der Waals surface area contributed by atoms with Gasteiger partial charge >= 0.3 is 5.97 Å². The first-order chi connectivity index (χ1) is 14.2. The first-order valence-corrected chi connectivity index (χ1v) is 10.6. The molecular weight excluding hydrogens is 415 g/mol. The van der Waals surface area contributed by atoms with Crippen molar-refractivity contribution in [3.05, 3.63) is 53.8 Å². The molecule has 30 heavy (non-hydrogen) atoms. The van der Waals surface area contributed by atoms with Crippen molar-refractivity contribution in [2.24, 2.45) is 0 Å². The van der Waals surface area contributed by atoms with Gasteiger partial charge in [0.1, 0.15) is 0 Å². The predicted molar refractivity (Wildman–Crippen MR) is 108 cm³/mol. The fourth-order valence-corrected chi connectivity index (χ4v) is 4.09. The van der Waals surface area contributed by atoms with Crippen molar-refractivity contribution in [3.8, 4) is 5.75 Å². The van der Waals surface area contributed by atoms with Crippen LogP contribution in [0.4, 0.5) is 10.1 Å². The molecule has 1 N–H and O–H groups in total. The average molecular weight is 438 g/mol. The number of hydrogen-bond acceptors (Lipinski definition) is 6. The zero-order valence-corrected chi connectivity index (χ0v) is 17.7. The maximum Gasteiger partial charge on any atom is 0.338 e. The lowest BCUT2D eigenvalue weighted by Crippen LogP contribution is -2.30. The molecule has 0 aliphatic carbocycles. The van der Waals surface area contributed by atoms with Crippen LogP contribution in [0.1, 0.15) is 24.2 Å². The van der Waals surface area contributed by atoms with Gasteiger partial charge in [-0.1, -0.05) is 13.8 Å². The minimum Gasteiger partial charge on any atom is -0.494 e. The first-order valence-electron chi connectivity index (χ1n) is 9.13. The summed E-state index contributed by atoms with van der Waals surface area (Å²) < 4.78 is 49.5. The van der Waals surface area contributed by atoms with Crippen LogP contribution < -0.4 is 10.1 Å². The van der Waals surface area contributed by atoms with Gasteiger partial charge in [-0.3, -0.25) is 4.79 Å². The van der Waals surface area contributed by atoms with Crippen molar-refractivity contribution in [1.82, 2.24) is 4.31 Å². The Morgan fingerprint density at radius 2 is 1.70 bits per heavy atom. The summed E-state index contributed by atoms with van der Waals surface area (Å²) in [5.74, 6) is -2.24. The van der Waals surface area contributed by atoms with E-state index >= 15 is 0 Å². The normalized spacial score (nSPS) is 11.2. The number of carbonyl (C=O) groups is 2. The molecule has 1 amide bonds. The van der Waals surface area contributed by atoms with Gasteiger partial charge in [-0.25, -0.2) is 17.6 Å². The fourth-order valence-electron chi connectivity index (χ4n) is 2.63. The number of sulfonamides is 1. The summed E-state index contributed by atoms with van der Waals surface area (Å²) in [5.41, 5.74) is 0.275. The zero-order valence-electron chi connectivity index (χ0n) is 16.8. The number of nitrogens with one attached hydrogen (secondary N) is 1. The van der Waals surface area contributed by atoms with Crippen LogP contribution in [0.25, 0.3) is 0 Å². The van der Waals surface area contributed by atoms with Gasteiger partial charge in [0.25, 0.3) is 5.91 Å². The number of hydrogen-bond donors (Lipinski definition) is 1. The second-order valence-electron chi connectivity index (χ2n) is 6.09. The summed E-state index contributed by atoms with van der Waals surface area (Å²) in [6.07, 6.45) is 0. The molecule has 0 aromatic heterocycles. The van der Waals surface area contributed by atoms with Gasteiger partial charge in [-0.15, -0.1) is 0 Å². The Morgan fingerprint density at radius 1 is 1.07 bits per heavy atom. The van der Waals surface area contributed by atoms with E-state index in [1.165, 1.54) is 47.8 Å². The Labute approximate surface area is 174 Å². The number of halogens is 1. The van der Waals surface area contributed by atoms with Gasteiger partial charge < -0.3 is 14.8 Å². The molecule has 8 nitrogen and oxygen atoms in total. The molecule has 2 aromatic rings. The fraction of sp³-hybridized carbons (Fsp3) is 0.300. The number of amides is 1. The third-order valence-corrected chi connectivity index (χ3v) is 6.27. The van der Waals surface area contributed by atoms with Crippen LogP contribution in [0.2, 0.25) is 0 Å². The topological polar surface area (TPSA) is 102 Å². The second kappa shape index (κ2) is 10.2. The van der Waals surface area contributed by atoms with Gasteiger partial charge in [0.05, 0.1) is 17.6 Å². The predicted octanol–water partition coefficient (Wildman–Crippen LogP) is 2.66. The summed E-state index contributed by atoms with van der Waals surface area (Å²) >= 11 is 0. The summed E-state index contributed by atoms with van der Waals surface area (Å²) in [7, 11) is -2.30. The van der Waals surface area contributed by atoms with Gasteiger partial charge in [-0.05, 0) is 42.5 Å². The maximum absolute atomic E-state index is 13.7. The molecule has 0 spiro atoms. The highest BCUT2D eigenvalue weighted by atomic mass is 32.2. The van der Waals surface area contributed by atoms with Crippen molar-refractivity contribution < 1.29 is 31.9 Å². The molecule has 0 fully saturated rings. The van der Waals surface area contributed by atoms with Crippen LogP contribution in [-0.4, -0.2) is 51.4 Å². The van der Waals surface area contributed by atoms with Gasteiger partial charge in [0.2, 0.25) is 10.0 Å². The quantitative estimate of drug-likeness (QED) is 0.604. The van der Waals surface area contributed by atoms with E-state index in [1.54, 1.807) is 13.8 Å². The molecule has 10 heteroatoms. The SMILES string of the molecule is CCN(CC)S(=O)(=O)c1ccc(NC(=O)COC(=O)c2ccc(OC)c(F)c2)cc1. The average Bonchev–Trinajstić information content (AvgIpc) is 2.73. The standard InChI is InChI=1S/C20H23FN2O6S/c1-4-23(5-2)30(26,27)16-9-7-15(8-10-16)22-19(24)13-29-20(25)14-6-11-18(28-3)17(21)12-14/h6-12H,4-5,13H2,1-3H3,(H,22,24). The molecule has 0 saturated carbocycles. The van der Waals surface area contributed by atoms with E-state index < -0.39 is 34.3 Å². The van der Waals surface area contributed by atoms with E-state index in [1.807, 2.05) is 0 Å². The lowest BCUT2D eigenvalue weighted by atomic mass is 10.2. The molecule has 0 saturated heterocycles. The van der Waals surface area contributed by atoms with E-state index in [-0.39, 0.29) is 16.2 Å². The van der Waals surface area contributed by atoms with E-state index in [9.17, 15) is 22.4 Å². The summed E-state index contributed by atoms with van der Waals surface area (Å²) in [5, 5.41) is 2.50. The molecule has 2 aromatic carbocycles. The molecule has 0 atom stereocenters. The monoisotopic (exact) mass is 438 g/mol. The largest absolute Gasteiger partial charge is 0.494 e. The van der Waals surface area contributed by atoms with E-state index in [0.29, 0.717) is 18.8 Å². The number of rotatable bonds is 9. The Balaban J connectivity index is 1.95. The van der Waals surface area contributed by atoms with Gasteiger partial charge in [0, 0.05) is 18.8 Å². The molecule has 0 aliphatic rings. The number of ether oxygens (including phenoxy) is 2. The van der Waals surface area contributed by atoms with Crippen LogP contribution in [0.3, 0.4) is 0 Å². The highest BCUT2D eigenvalue weighted by Gasteiger charge is 2.21. The van der Waals surface area contributed by atoms with Crippen LogP contribution in [0.5, 0.6) is 5.75 Å². The van der Waals surface area contributed by atoms with Crippen molar-refractivity contribution in [2.45, 2.75) is 18.7 Å². The summed E-state index contributed by atoms with van der Waals surface area (Å²) in [4.78, 5) is 24.0. The third kappa shape index (κ3) is 5.55. The number of benzene rings is 2. The number of esters is 1. The summed E-state index contributed by atoms with van der Waals surface area (Å²) in [6, 6.07) is 9.19. The van der Waals surface area contributed by atoms with E-state index in [2.05, 4.69) is 5.32 Å². The Kier molecular flexibility index (Phi) is 7.90. The number of nitrogens with zero attached hydrogens (tertiary/aromatic N) is 1. The minimum atomic E-state index is -3.60. The smallest absolute Gasteiger partial charge is 0.338 e. The number of carbonyl (C=O) groups excluding carboxylic acids is 2. The van der Waals surface area contributed by atoms with Crippen LogP contribution in [0, 0.1) is 5.82 Å². The van der Waals surface area contributed by atoms with Crippen LogP contribution in [0.15, 0.2) is 47.4 Å². The van der Waals surface area contributed by atoms with Crippen LogP contribution >= 0.6 is 0 Å². The molecule has 0 aliphatic heterocycles. The van der Waals surface area contributed by atoms with Crippen LogP contribution in [-0.2, 0) is 19.6 Å². The maximum atomic E-state index is 13.7. The Morgan fingerprint density at radius 3 is 2.23 bits per heavy atom. The van der Waals surface area contributed by atoms with Gasteiger partial charge in [0.15, 0.2) is 18.2 Å². The highest BCUT2D eigenvalue weighted by Crippen LogP contribution is 2.19. The van der Waals surface area contributed by atoms with Crippen molar-refractivity contribution >= 4 is 27.6 Å². The van der Waals surface area contributed by atoms with Gasteiger partial charge in [-0.2, -0.15) is 4.31 Å². The van der Waals surface area contributed by atoms with Crippen molar-refractivity contribution in [2.75, 3.05) is 32.1 Å². The second-order valence-corrected chi connectivity index (χ2v) is 8.03.